The number of carboxylic acid groups (broad SMARTS) is 1. The average molecular weight is 318 g/mol. The SMILES string of the molecule is CC(=O)N1CCCCC1c1nc(-c2ccco2)nn1CC(=O)O. The van der Waals surface area contributed by atoms with E-state index in [1.54, 1.807) is 17.0 Å². The van der Waals surface area contributed by atoms with Gasteiger partial charge in [-0.05, 0) is 31.4 Å². The summed E-state index contributed by atoms with van der Waals surface area (Å²) in [4.78, 5) is 29.2. The second kappa shape index (κ2) is 6.23. The maximum Gasteiger partial charge on any atom is 0.325 e. The molecule has 0 radical (unpaired) electrons. The standard InChI is InChI=1S/C15H18N4O4/c1-10(20)18-7-3-2-5-11(18)15-16-14(12-6-4-8-23-12)17-19(15)9-13(21)22/h4,6,8,11H,2-3,5,7,9H2,1H3,(H,21,22). The lowest BCUT2D eigenvalue weighted by atomic mass is 10.0. The molecule has 122 valence electrons. The highest BCUT2D eigenvalue weighted by atomic mass is 16.4. The fraction of sp³-hybridized carbons (Fsp3) is 0.467. The molecule has 1 fully saturated rings. The van der Waals surface area contributed by atoms with Crippen molar-refractivity contribution < 1.29 is 19.1 Å². The molecule has 8 nitrogen and oxygen atoms in total. The number of aromatic nitrogens is 3. The summed E-state index contributed by atoms with van der Waals surface area (Å²) in [7, 11) is 0. The summed E-state index contributed by atoms with van der Waals surface area (Å²) in [5.74, 6) is 0.251. The number of aliphatic carboxylic acids is 1. The summed E-state index contributed by atoms with van der Waals surface area (Å²) in [5, 5.41) is 13.4. The first-order chi connectivity index (χ1) is 11.1. The van der Waals surface area contributed by atoms with E-state index in [0.29, 0.717) is 24.0 Å². The lowest BCUT2D eigenvalue weighted by Gasteiger charge is -2.34. The third kappa shape index (κ3) is 3.10. The van der Waals surface area contributed by atoms with Gasteiger partial charge in [0.15, 0.2) is 11.6 Å². The van der Waals surface area contributed by atoms with Crippen molar-refractivity contribution in [2.24, 2.45) is 0 Å². The Morgan fingerprint density at radius 2 is 2.26 bits per heavy atom. The number of carboxylic acids is 1. The molecular weight excluding hydrogens is 300 g/mol. The van der Waals surface area contributed by atoms with Gasteiger partial charge in [0, 0.05) is 13.5 Å². The Morgan fingerprint density at radius 3 is 2.91 bits per heavy atom. The lowest BCUT2D eigenvalue weighted by molar-refractivity contribution is -0.138. The quantitative estimate of drug-likeness (QED) is 0.920. The van der Waals surface area contributed by atoms with Gasteiger partial charge in [-0.3, -0.25) is 9.59 Å². The van der Waals surface area contributed by atoms with E-state index in [-0.39, 0.29) is 18.5 Å². The van der Waals surface area contributed by atoms with Gasteiger partial charge >= 0.3 is 5.97 Å². The Balaban J connectivity index is 2.01. The number of nitrogens with zero attached hydrogens (tertiary/aromatic N) is 4. The van der Waals surface area contributed by atoms with Gasteiger partial charge in [0.05, 0.1) is 12.3 Å². The van der Waals surface area contributed by atoms with Crippen molar-refractivity contribution in [2.75, 3.05) is 6.54 Å². The number of rotatable bonds is 4. The van der Waals surface area contributed by atoms with E-state index in [0.717, 1.165) is 19.3 Å². The van der Waals surface area contributed by atoms with Crippen LogP contribution in [0.2, 0.25) is 0 Å². The smallest absolute Gasteiger partial charge is 0.325 e. The highest BCUT2D eigenvalue weighted by Gasteiger charge is 2.31. The molecule has 0 aromatic carbocycles. The van der Waals surface area contributed by atoms with Crippen LogP contribution in [0.1, 0.15) is 38.1 Å². The van der Waals surface area contributed by atoms with Gasteiger partial charge in [0.2, 0.25) is 11.7 Å². The molecule has 23 heavy (non-hydrogen) atoms. The molecule has 1 saturated heterocycles. The van der Waals surface area contributed by atoms with Gasteiger partial charge < -0.3 is 14.4 Å². The van der Waals surface area contributed by atoms with E-state index in [4.69, 9.17) is 9.52 Å². The zero-order valence-corrected chi connectivity index (χ0v) is 12.8. The van der Waals surface area contributed by atoms with Gasteiger partial charge in [0.25, 0.3) is 0 Å². The number of likely N-dealkylation sites (tertiary alicyclic amines) is 1. The first-order valence-electron chi connectivity index (χ1n) is 7.54. The summed E-state index contributed by atoms with van der Waals surface area (Å²) < 4.78 is 6.64. The molecule has 1 amide bonds. The largest absolute Gasteiger partial charge is 0.480 e. The van der Waals surface area contributed by atoms with E-state index < -0.39 is 5.97 Å². The van der Waals surface area contributed by atoms with E-state index >= 15 is 0 Å². The minimum atomic E-state index is -1.01. The van der Waals surface area contributed by atoms with Crippen LogP contribution in [0.15, 0.2) is 22.8 Å². The minimum absolute atomic E-state index is 0.0425. The second-order valence-corrected chi connectivity index (χ2v) is 5.55. The van der Waals surface area contributed by atoms with E-state index in [1.807, 2.05) is 0 Å². The number of carbonyl (C=O) groups excluding carboxylic acids is 1. The van der Waals surface area contributed by atoms with Crippen molar-refractivity contribution >= 4 is 11.9 Å². The number of carbonyl (C=O) groups is 2. The van der Waals surface area contributed by atoms with Crippen LogP contribution in [-0.2, 0) is 16.1 Å². The summed E-state index contributed by atoms with van der Waals surface area (Å²) in [5.41, 5.74) is 0. The van der Waals surface area contributed by atoms with Gasteiger partial charge in [-0.2, -0.15) is 0 Å². The van der Waals surface area contributed by atoms with Crippen molar-refractivity contribution in [1.29, 1.82) is 0 Å². The third-order valence-electron chi connectivity index (χ3n) is 3.93. The highest BCUT2D eigenvalue weighted by molar-refractivity contribution is 5.74. The molecule has 1 unspecified atom stereocenters. The second-order valence-electron chi connectivity index (χ2n) is 5.55. The molecule has 1 aliphatic rings. The maximum absolute atomic E-state index is 11.9. The molecule has 0 spiro atoms. The average Bonchev–Trinajstić information content (AvgIpc) is 3.15. The molecule has 3 rings (SSSR count). The van der Waals surface area contributed by atoms with E-state index in [9.17, 15) is 9.59 Å². The molecule has 3 heterocycles. The first-order valence-corrected chi connectivity index (χ1v) is 7.54. The molecule has 8 heteroatoms. The fourth-order valence-electron chi connectivity index (χ4n) is 2.93. The normalized spacial score (nSPS) is 18.1. The Kier molecular flexibility index (Phi) is 4.14. The molecule has 1 aliphatic heterocycles. The van der Waals surface area contributed by atoms with Crippen molar-refractivity contribution in [3.05, 3.63) is 24.2 Å². The van der Waals surface area contributed by atoms with Crippen molar-refractivity contribution in [3.8, 4) is 11.6 Å². The number of hydrogen-bond donors (Lipinski definition) is 1. The predicted molar refractivity (Wildman–Crippen MR) is 79.3 cm³/mol. The van der Waals surface area contributed by atoms with Crippen LogP contribution < -0.4 is 0 Å². The van der Waals surface area contributed by atoms with Crippen LogP contribution in [0.3, 0.4) is 0 Å². The van der Waals surface area contributed by atoms with Crippen molar-refractivity contribution in [2.45, 2.75) is 38.8 Å². The Hall–Kier alpha value is -2.64. The Morgan fingerprint density at radius 1 is 1.43 bits per heavy atom. The number of piperidine rings is 1. The highest BCUT2D eigenvalue weighted by Crippen LogP contribution is 2.31. The van der Waals surface area contributed by atoms with Crippen molar-refractivity contribution in [3.63, 3.8) is 0 Å². The van der Waals surface area contributed by atoms with Crippen LogP contribution in [0, 0.1) is 0 Å². The number of furan rings is 1. The van der Waals surface area contributed by atoms with Crippen LogP contribution >= 0.6 is 0 Å². The van der Waals surface area contributed by atoms with Crippen LogP contribution in [0.4, 0.5) is 0 Å². The van der Waals surface area contributed by atoms with Crippen LogP contribution in [0.5, 0.6) is 0 Å². The molecule has 0 aliphatic carbocycles. The first kappa shape index (κ1) is 15.3. The summed E-state index contributed by atoms with van der Waals surface area (Å²) in [6.07, 6.45) is 4.16. The van der Waals surface area contributed by atoms with Crippen LogP contribution in [-0.4, -0.2) is 43.2 Å². The van der Waals surface area contributed by atoms with Gasteiger partial charge in [0.1, 0.15) is 6.54 Å². The van der Waals surface area contributed by atoms with Gasteiger partial charge in [-0.1, -0.05) is 0 Å². The predicted octanol–water partition coefficient (Wildman–Crippen LogP) is 1.70. The Labute approximate surface area is 132 Å². The molecule has 2 aromatic rings. The molecule has 2 aromatic heterocycles. The van der Waals surface area contributed by atoms with Crippen LogP contribution in [0.25, 0.3) is 11.6 Å². The zero-order valence-electron chi connectivity index (χ0n) is 12.8. The summed E-state index contributed by atoms with van der Waals surface area (Å²) in [6.45, 7) is 1.87. The zero-order chi connectivity index (χ0) is 16.4. The Bertz CT molecular complexity index is 707. The monoisotopic (exact) mass is 318 g/mol. The molecule has 0 bridgehead atoms. The van der Waals surface area contributed by atoms with Gasteiger partial charge in [-0.25, -0.2) is 9.67 Å². The molecule has 1 N–H and O–H groups in total. The third-order valence-corrected chi connectivity index (χ3v) is 3.93. The summed E-state index contributed by atoms with van der Waals surface area (Å²) in [6, 6.07) is 3.18. The van der Waals surface area contributed by atoms with E-state index in [1.165, 1.54) is 17.9 Å². The summed E-state index contributed by atoms with van der Waals surface area (Å²) >= 11 is 0. The molecule has 0 saturated carbocycles. The fourth-order valence-corrected chi connectivity index (χ4v) is 2.93. The van der Waals surface area contributed by atoms with E-state index in [2.05, 4.69) is 10.1 Å². The molecule has 1 atom stereocenters. The topological polar surface area (TPSA) is 101 Å². The minimum Gasteiger partial charge on any atom is -0.480 e. The van der Waals surface area contributed by atoms with Crippen molar-refractivity contribution in [1.82, 2.24) is 19.7 Å². The lowest BCUT2D eigenvalue weighted by Crippen LogP contribution is -2.38. The molecular formula is C15H18N4O4. The number of amides is 1. The van der Waals surface area contributed by atoms with Gasteiger partial charge in [-0.15, -0.1) is 5.10 Å². The number of hydrogen-bond acceptors (Lipinski definition) is 5. The maximum atomic E-state index is 11.9.